The number of carbonyl (C=O) groups is 3. The first-order chi connectivity index (χ1) is 29.3. The molecule has 0 saturated heterocycles. The van der Waals surface area contributed by atoms with Crippen LogP contribution >= 0.6 is 0 Å². The second kappa shape index (κ2) is 63.2. The van der Waals surface area contributed by atoms with E-state index in [4.69, 9.17) is 0 Å². The Morgan fingerprint density at radius 1 is 0.213 bits per heavy atom. The average molecular weight is 914 g/mol. The molecule has 0 aliphatic carbocycles. The van der Waals surface area contributed by atoms with Crippen molar-refractivity contribution in [1.82, 2.24) is 0 Å². The van der Waals surface area contributed by atoms with Gasteiger partial charge in [0.25, 0.3) is 0 Å². The van der Waals surface area contributed by atoms with Crippen LogP contribution in [0.25, 0.3) is 0 Å². The molecule has 0 rings (SSSR count). The van der Waals surface area contributed by atoms with E-state index in [2.05, 4.69) is 20.8 Å². The molecule has 0 unspecified atom stereocenters. The first kappa shape index (κ1) is 66.5. The Morgan fingerprint density at radius 2 is 0.311 bits per heavy atom. The van der Waals surface area contributed by atoms with Gasteiger partial charge in [0.15, 0.2) is 0 Å². The Balaban J connectivity index is -0.000000396. The van der Waals surface area contributed by atoms with E-state index in [-0.39, 0.29) is 36.3 Å². The molecule has 0 saturated carbocycles. The van der Waals surface area contributed by atoms with Crippen LogP contribution < -0.4 is 15.3 Å². The SMILES string of the molecule is CCCCCCCCCCCCCCCCCC(=O)[O-].CCCCCCCCCCCCCCCCCC(=O)[O-].CCCCCCCCCCCCCCCCCC(=O)[O-].[Cu]. The van der Waals surface area contributed by atoms with E-state index in [1.807, 2.05) is 0 Å². The van der Waals surface area contributed by atoms with Crippen molar-refractivity contribution in [2.24, 2.45) is 0 Å². The number of carbonyl (C=O) groups excluding carboxylic acids is 3. The van der Waals surface area contributed by atoms with Crippen molar-refractivity contribution in [3.63, 3.8) is 0 Å². The zero-order chi connectivity index (χ0) is 44.7. The van der Waals surface area contributed by atoms with Gasteiger partial charge in [-0.1, -0.05) is 290 Å². The fraction of sp³-hybridized carbons (Fsp3) is 0.944. The Morgan fingerprint density at radius 3 is 0.410 bits per heavy atom. The molecule has 0 spiro atoms. The van der Waals surface area contributed by atoms with E-state index < -0.39 is 17.9 Å². The summed E-state index contributed by atoms with van der Waals surface area (Å²) in [5.74, 6) is -2.71. The zero-order valence-electron chi connectivity index (χ0n) is 41.2. The van der Waals surface area contributed by atoms with Crippen LogP contribution in [0.3, 0.4) is 0 Å². The van der Waals surface area contributed by atoms with Crippen LogP contribution in [-0.4, -0.2) is 17.9 Å². The van der Waals surface area contributed by atoms with Crippen molar-refractivity contribution in [2.75, 3.05) is 0 Å². The molecule has 0 aliphatic rings. The standard InChI is InChI=1S/3C18H36O2.Cu/c3*1-2-3-4-5-6-7-8-9-10-11-12-13-14-15-16-17-18(19)20;/h3*2-17H2,1H3,(H,19,20);/p-3. The molecule has 7 heteroatoms. The van der Waals surface area contributed by atoms with Crippen molar-refractivity contribution in [2.45, 2.75) is 329 Å². The van der Waals surface area contributed by atoms with Gasteiger partial charge in [-0.2, -0.15) is 0 Å². The summed E-state index contributed by atoms with van der Waals surface area (Å²) in [5, 5.41) is 30.7. The molecule has 0 aromatic rings. The largest absolute Gasteiger partial charge is 0.550 e. The average Bonchev–Trinajstić information content (AvgIpc) is 3.22. The third-order valence-electron chi connectivity index (χ3n) is 12.0. The van der Waals surface area contributed by atoms with E-state index >= 15 is 0 Å². The summed E-state index contributed by atoms with van der Waals surface area (Å²) >= 11 is 0. The van der Waals surface area contributed by atoms with Gasteiger partial charge in [0.05, 0.1) is 0 Å². The molecule has 6 nitrogen and oxygen atoms in total. The van der Waals surface area contributed by atoms with Gasteiger partial charge in [-0.15, -0.1) is 0 Å². The van der Waals surface area contributed by atoms with Gasteiger partial charge in [-0.05, 0) is 38.5 Å². The Bertz CT molecular complexity index is 717. The van der Waals surface area contributed by atoms with Crippen LogP contribution in [0.15, 0.2) is 0 Å². The number of rotatable bonds is 48. The molecule has 0 aliphatic heterocycles. The van der Waals surface area contributed by atoms with Gasteiger partial charge in [0, 0.05) is 35.0 Å². The second-order valence-electron chi connectivity index (χ2n) is 18.2. The predicted octanol–water partition coefficient (Wildman–Crippen LogP) is 15.0. The van der Waals surface area contributed by atoms with E-state index in [9.17, 15) is 29.7 Å². The van der Waals surface area contributed by atoms with Crippen LogP contribution in [0.2, 0.25) is 0 Å². The topological polar surface area (TPSA) is 120 Å². The summed E-state index contributed by atoms with van der Waals surface area (Å²) in [4.78, 5) is 30.7. The monoisotopic (exact) mass is 913 g/mol. The van der Waals surface area contributed by atoms with Gasteiger partial charge >= 0.3 is 0 Å². The van der Waals surface area contributed by atoms with Gasteiger partial charge < -0.3 is 29.7 Å². The quantitative estimate of drug-likeness (QED) is 0.0443. The smallest absolute Gasteiger partial charge is 0.0414 e. The van der Waals surface area contributed by atoms with Crippen LogP contribution in [0.5, 0.6) is 0 Å². The number of unbranched alkanes of at least 4 members (excludes halogenated alkanes) is 42. The van der Waals surface area contributed by atoms with Crippen LogP contribution in [0.1, 0.15) is 329 Å². The molecular formula is C54H105CuO6-3. The number of carboxylic acid groups (broad SMARTS) is 3. The number of aliphatic carboxylic acids is 3. The minimum Gasteiger partial charge on any atom is -0.550 e. The third kappa shape index (κ3) is 76.6. The zero-order valence-corrected chi connectivity index (χ0v) is 42.1. The molecule has 0 amide bonds. The van der Waals surface area contributed by atoms with Crippen LogP contribution in [-0.2, 0) is 31.5 Å². The number of hydrogen-bond acceptors (Lipinski definition) is 6. The first-order valence-electron chi connectivity index (χ1n) is 26.9. The van der Waals surface area contributed by atoms with Crippen molar-refractivity contribution in [3.05, 3.63) is 0 Å². The molecule has 0 bridgehead atoms. The van der Waals surface area contributed by atoms with E-state index in [1.54, 1.807) is 0 Å². The van der Waals surface area contributed by atoms with E-state index in [0.717, 1.165) is 38.5 Å². The van der Waals surface area contributed by atoms with Crippen molar-refractivity contribution < 1.29 is 46.8 Å². The van der Waals surface area contributed by atoms with E-state index in [1.165, 1.54) is 250 Å². The van der Waals surface area contributed by atoms with Crippen LogP contribution in [0, 0.1) is 0 Å². The molecule has 0 heterocycles. The number of carboxylic acids is 3. The summed E-state index contributed by atoms with van der Waals surface area (Å²) < 4.78 is 0. The van der Waals surface area contributed by atoms with Gasteiger partial charge in [-0.3, -0.25) is 0 Å². The molecule has 0 N–H and O–H groups in total. The van der Waals surface area contributed by atoms with Crippen LogP contribution in [0.4, 0.5) is 0 Å². The maximum atomic E-state index is 10.2. The normalized spacial score (nSPS) is 10.7. The summed E-state index contributed by atoms with van der Waals surface area (Å²) in [6.07, 6.45) is 59.6. The first-order valence-corrected chi connectivity index (χ1v) is 26.9. The molecule has 0 atom stereocenters. The molecular weight excluding hydrogens is 808 g/mol. The molecule has 1 radical (unpaired) electrons. The van der Waals surface area contributed by atoms with Gasteiger partial charge in [0.1, 0.15) is 0 Å². The predicted molar refractivity (Wildman–Crippen MR) is 254 cm³/mol. The Hall–Kier alpha value is -1.07. The number of hydrogen-bond donors (Lipinski definition) is 0. The summed E-state index contributed by atoms with van der Waals surface area (Å²) in [7, 11) is 0. The Labute approximate surface area is 392 Å². The molecule has 371 valence electrons. The summed E-state index contributed by atoms with van der Waals surface area (Å²) in [6, 6.07) is 0. The van der Waals surface area contributed by atoms with Crippen molar-refractivity contribution in [1.29, 1.82) is 0 Å². The minimum absolute atomic E-state index is 0. The maximum Gasteiger partial charge on any atom is 0.0414 e. The fourth-order valence-corrected chi connectivity index (χ4v) is 7.92. The van der Waals surface area contributed by atoms with Gasteiger partial charge in [0.2, 0.25) is 0 Å². The van der Waals surface area contributed by atoms with E-state index in [0.29, 0.717) is 0 Å². The van der Waals surface area contributed by atoms with Crippen molar-refractivity contribution in [3.8, 4) is 0 Å². The minimum atomic E-state index is -0.903. The fourth-order valence-electron chi connectivity index (χ4n) is 7.92. The third-order valence-corrected chi connectivity index (χ3v) is 12.0. The second-order valence-corrected chi connectivity index (χ2v) is 18.2. The molecule has 0 aromatic carbocycles. The summed E-state index contributed by atoms with van der Waals surface area (Å²) in [6.45, 7) is 6.80. The molecule has 0 fully saturated rings. The molecule has 0 aromatic heterocycles. The van der Waals surface area contributed by atoms with Gasteiger partial charge in [-0.25, -0.2) is 0 Å². The summed E-state index contributed by atoms with van der Waals surface area (Å²) in [5.41, 5.74) is 0. The van der Waals surface area contributed by atoms with Crippen molar-refractivity contribution >= 4 is 17.9 Å². The maximum absolute atomic E-state index is 10.2. The molecule has 61 heavy (non-hydrogen) atoms. The Kier molecular flexibility index (Phi) is 69.0.